The van der Waals surface area contributed by atoms with E-state index < -0.39 is 0 Å². The van der Waals surface area contributed by atoms with E-state index in [-0.39, 0.29) is 6.09 Å². The molecule has 15 heavy (non-hydrogen) atoms. The first-order valence-electron chi connectivity index (χ1n) is 5.00. The Morgan fingerprint density at radius 1 is 1.27 bits per heavy atom. The molecule has 0 heterocycles. The average Bonchev–Trinajstić information content (AvgIpc) is 2.18. The van der Waals surface area contributed by atoms with Gasteiger partial charge in [-0.2, -0.15) is 0 Å². The zero-order valence-corrected chi connectivity index (χ0v) is 9.65. The molecular formula is C12H17NO2. The van der Waals surface area contributed by atoms with Crippen LogP contribution in [0.2, 0.25) is 0 Å². The van der Waals surface area contributed by atoms with Gasteiger partial charge in [0.15, 0.2) is 0 Å². The van der Waals surface area contributed by atoms with Crippen molar-refractivity contribution in [2.24, 2.45) is 0 Å². The smallest absolute Gasteiger partial charge is 0.410 e. The Hall–Kier alpha value is -1.51. The standard InChI is InChI=1S/C12H17NO2/c1-9(2)10-7-5-6-8-11(10)15-12(14)13(3)4/h5-9H,1-4H3. The number of amides is 1. The van der Waals surface area contributed by atoms with Gasteiger partial charge in [0, 0.05) is 14.1 Å². The summed E-state index contributed by atoms with van der Waals surface area (Å²) in [4.78, 5) is 12.8. The summed E-state index contributed by atoms with van der Waals surface area (Å²) >= 11 is 0. The van der Waals surface area contributed by atoms with Gasteiger partial charge in [0.1, 0.15) is 5.75 Å². The van der Waals surface area contributed by atoms with E-state index in [4.69, 9.17) is 4.74 Å². The first-order chi connectivity index (χ1) is 7.02. The van der Waals surface area contributed by atoms with E-state index in [0.717, 1.165) is 5.56 Å². The summed E-state index contributed by atoms with van der Waals surface area (Å²) in [7, 11) is 3.33. The van der Waals surface area contributed by atoms with Gasteiger partial charge in [-0.25, -0.2) is 4.79 Å². The van der Waals surface area contributed by atoms with Crippen LogP contribution in [0.15, 0.2) is 24.3 Å². The van der Waals surface area contributed by atoms with Gasteiger partial charge in [-0.1, -0.05) is 32.0 Å². The highest BCUT2D eigenvalue weighted by Crippen LogP contribution is 2.26. The summed E-state index contributed by atoms with van der Waals surface area (Å²) in [6.07, 6.45) is -0.344. The number of carbonyl (C=O) groups is 1. The number of nitrogens with zero attached hydrogens (tertiary/aromatic N) is 1. The first-order valence-corrected chi connectivity index (χ1v) is 5.00. The molecule has 0 radical (unpaired) electrons. The number of rotatable bonds is 2. The van der Waals surface area contributed by atoms with E-state index in [0.29, 0.717) is 11.7 Å². The van der Waals surface area contributed by atoms with Crippen molar-refractivity contribution < 1.29 is 9.53 Å². The van der Waals surface area contributed by atoms with Gasteiger partial charge in [0.25, 0.3) is 0 Å². The molecule has 3 heteroatoms. The Kier molecular flexibility index (Phi) is 3.72. The maximum absolute atomic E-state index is 11.4. The molecule has 0 fully saturated rings. The molecule has 3 nitrogen and oxygen atoms in total. The predicted molar refractivity (Wildman–Crippen MR) is 60.2 cm³/mol. The van der Waals surface area contributed by atoms with Crippen molar-refractivity contribution in [1.82, 2.24) is 4.90 Å². The van der Waals surface area contributed by atoms with Gasteiger partial charge < -0.3 is 9.64 Å². The van der Waals surface area contributed by atoms with Gasteiger partial charge in [-0.3, -0.25) is 0 Å². The molecule has 82 valence electrons. The lowest BCUT2D eigenvalue weighted by Gasteiger charge is -2.15. The van der Waals surface area contributed by atoms with Crippen LogP contribution in [0.25, 0.3) is 0 Å². The molecule has 1 aromatic carbocycles. The lowest BCUT2D eigenvalue weighted by atomic mass is 10.0. The average molecular weight is 207 g/mol. The van der Waals surface area contributed by atoms with Gasteiger partial charge in [-0.05, 0) is 17.5 Å². The van der Waals surface area contributed by atoms with E-state index in [9.17, 15) is 4.79 Å². The summed E-state index contributed by atoms with van der Waals surface area (Å²) in [6, 6.07) is 7.60. The van der Waals surface area contributed by atoms with E-state index >= 15 is 0 Å². The molecule has 0 aromatic heterocycles. The van der Waals surface area contributed by atoms with Crippen molar-refractivity contribution >= 4 is 6.09 Å². The Morgan fingerprint density at radius 3 is 2.40 bits per heavy atom. The Balaban J connectivity index is 2.89. The molecule has 1 aromatic rings. The fourth-order valence-electron chi connectivity index (χ4n) is 1.24. The van der Waals surface area contributed by atoms with Crippen molar-refractivity contribution in [1.29, 1.82) is 0 Å². The summed E-state index contributed by atoms with van der Waals surface area (Å²) in [6.45, 7) is 4.14. The van der Waals surface area contributed by atoms with Crippen LogP contribution in [0.4, 0.5) is 4.79 Å². The van der Waals surface area contributed by atoms with Gasteiger partial charge >= 0.3 is 6.09 Å². The molecular weight excluding hydrogens is 190 g/mol. The number of carbonyl (C=O) groups excluding carboxylic acids is 1. The van der Waals surface area contributed by atoms with Crippen molar-refractivity contribution in [3.8, 4) is 5.75 Å². The lowest BCUT2D eigenvalue weighted by Crippen LogP contribution is -2.25. The number of hydrogen-bond donors (Lipinski definition) is 0. The maximum Gasteiger partial charge on any atom is 0.414 e. The summed E-state index contributed by atoms with van der Waals surface area (Å²) < 4.78 is 5.26. The number of para-hydroxylation sites is 1. The molecule has 0 atom stereocenters. The van der Waals surface area contributed by atoms with Crippen LogP contribution < -0.4 is 4.74 Å². The summed E-state index contributed by atoms with van der Waals surface area (Å²) in [5, 5.41) is 0. The predicted octanol–water partition coefficient (Wildman–Crippen LogP) is 2.87. The van der Waals surface area contributed by atoms with Crippen molar-refractivity contribution in [3.63, 3.8) is 0 Å². The van der Waals surface area contributed by atoms with Crippen LogP contribution in [0.5, 0.6) is 5.75 Å². The molecule has 1 rings (SSSR count). The highest BCUT2D eigenvalue weighted by atomic mass is 16.6. The second-order valence-electron chi connectivity index (χ2n) is 3.95. The fraction of sp³-hybridized carbons (Fsp3) is 0.417. The maximum atomic E-state index is 11.4. The monoisotopic (exact) mass is 207 g/mol. The minimum Gasteiger partial charge on any atom is -0.410 e. The quantitative estimate of drug-likeness (QED) is 0.746. The second kappa shape index (κ2) is 4.82. The topological polar surface area (TPSA) is 29.5 Å². The van der Waals surface area contributed by atoms with Gasteiger partial charge in [-0.15, -0.1) is 0 Å². The lowest BCUT2D eigenvalue weighted by molar-refractivity contribution is 0.171. The Bertz CT molecular complexity index is 345. The molecule has 0 aliphatic rings. The third kappa shape index (κ3) is 2.98. The molecule has 0 unspecified atom stereocenters. The summed E-state index contributed by atoms with van der Waals surface area (Å²) in [5.41, 5.74) is 1.05. The SMILES string of the molecule is CC(C)c1ccccc1OC(=O)N(C)C. The normalized spacial score (nSPS) is 10.2. The minimum absolute atomic E-state index is 0.344. The zero-order valence-electron chi connectivity index (χ0n) is 9.65. The number of benzene rings is 1. The largest absolute Gasteiger partial charge is 0.414 e. The number of hydrogen-bond acceptors (Lipinski definition) is 2. The van der Waals surface area contributed by atoms with E-state index in [1.165, 1.54) is 4.90 Å². The molecule has 0 aliphatic carbocycles. The van der Waals surface area contributed by atoms with Gasteiger partial charge in [0.2, 0.25) is 0 Å². The molecule has 0 spiro atoms. The second-order valence-corrected chi connectivity index (χ2v) is 3.95. The van der Waals surface area contributed by atoms with E-state index in [1.807, 2.05) is 24.3 Å². The fourth-order valence-corrected chi connectivity index (χ4v) is 1.24. The zero-order chi connectivity index (χ0) is 11.4. The van der Waals surface area contributed by atoms with Crippen molar-refractivity contribution in [2.75, 3.05) is 14.1 Å². The third-order valence-corrected chi connectivity index (χ3v) is 2.10. The van der Waals surface area contributed by atoms with Crippen LogP contribution in [0, 0.1) is 0 Å². The molecule has 0 bridgehead atoms. The first kappa shape index (κ1) is 11.6. The van der Waals surface area contributed by atoms with Gasteiger partial charge in [0.05, 0.1) is 0 Å². The Morgan fingerprint density at radius 2 is 1.87 bits per heavy atom. The molecule has 0 saturated heterocycles. The molecule has 0 saturated carbocycles. The van der Waals surface area contributed by atoms with E-state index in [1.54, 1.807) is 14.1 Å². The van der Waals surface area contributed by atoms with Crippen LogP contribution >= 0.6 is 0 Å². The van der Waals surface area contributed by atoms with E-state index in [2.05, 4.69) is 13.8 Å². The van der Waals surface area contributed by atoms with Crippen LogP contribution in [0.1, 0.15) is 25.3 Å². The highest BCUT2D eigenvalue weighted by Gasteiger charge is 2.11. The Labute approximate surface area is 90.7 Å². The highest BCUT2D eigenvalue weighted by molar-refractivity contribution is 5.70. The molecule has 1 amide bonds. The van der Waals surface area contributed by atoms with Crippen molar-refractivity contribution in [3.05, 3.63) is 29.8 Å². The van der Waals surface area contributed by atoms with Crippen LogP contribution in [0.3, 0.4) is 0 Å². The molecule has 0 N–H and O–H groups in total. The van der Waals surface area contributed by atoms with Crippen molar-refractivity contribution in [2.45, 2.75) is 19.8 Å². The number of ether oxygens (including phenoxy) is 1. The van der Waals surface area contributed by atoms with Crippen LogP contribution in [-0.2, 0) is 0 Å². The van der Waals surface area contributed by atoms with Crippen LogP contribution in [-0.4, -0.2) is 25.1 Å². The summed E-state index contributed by atoms with van der Waals surface area (Å²) in [5.74, 6) is 0.988. The molecule has 0 aliphatic heterocycles. The minimum atomic E-state index is -0.344. The third-order valence-electron chi connectivity index (χ3n) is 2.10.